The number of benzene rings is 3. The van der Waals surface area contributed by atoms with E-state index >= 15 is 0 Å². The van der Waals surface area contributed by atoms with Gasteiger partial charge in [0.05, 0.1) is 17.4 Å². The Morgan fingerprint density at radius 2 is 1.56 bits per heavy atom. The summed E-state index contributed by atoms with van der Waals surface area (Å²) in [6, 6.07) is 25.1. The minimum absolute atomic E-state index is 0.218. The molecule has 1 aliphatic carbocycles. The average Bonchev–Trinajstić information content (AvgIpc) is 3.67. The van der Waals surface area contributed by atoms with Gasteiger partial charge in [0.1, 0.15) is 0 Å². The first-order valence-electron chi connectivity index (χ1n) is 12.7. The standard InChI is InChI=1S/C31H30N2O5S/c1-22-28(9-6-20-33(39(2,36)37)21-23-7-4-3-5-8-23)29(38-32-22)26-12-10-24(11-13-26)25-14-16-27(17-15-25)31(18-19-31)30(34)35/h3-17H,18-21H2,1-2H3,(H,34,35). The van der Waals surface area contributed by atoms with E-state index < -0.39 is 21.4 Å². The maximum atomic E-state index is 12.4. The fourth-order valence-electron chi connectivity index (χ4n) is 4.72. The van der Waals surface area contributed by atoms with Crippen LogP contribution in [0.5, 0.6) is 0 Å². The number of nitrogens with zero attached hydrogens (tertiary/aromatic N) is 2. The third kappa shape index (κ3) is 5.72. The van der Waals surface area contributed by atoms with E-state index in [4.69, 9.17) is 4.52 Å². The molecule has 0 radical (unpaired) electrons. The summed E-state index contributed by atoms with van der Waals surface area (Å²) in [5.41, 5.74) is 5.41. The fraction of sp³-hybridized carbons (Fsp3) is 0.226. The number of aryl methyl sites for hydroxylation is 1. The molecule has 1 aromatic heterocycles. The number of hydrogen-bond donors (Lipinski definition) is 1. The first kappa shape index (κ1) is 26.6. The van der Waals surface area contributed by atoms with Crippen LogP contribution in [0.1, 0.15) is 35.2 Å². The van der Waals surface area contributed by atoms with Gasteiger partial charge in [0, 0.05) is 24.2 Å². The van der Waals surface area contributed by atoms with Gasteiger partial charge < -0.3 is 9.63 Å². The van der Waals surface area contributed by atoms with Crippen LogP contribution in [0.25, 0.3) is 28.5 Å². The Morgan fingerprint density at radius 3 is 2.13 bits per heavy atom. The van der Waals surface area contributed by atoms with Gasteiger partial charge in [0.25, 0.3) is 0 Å². The number of carboxylic acid groups (broad SMARTS) is 1. The van der Waals surface area contributed by atoms with Crippen molar-refractivity contribution in [3.63, 3.8) is 0 Å². The molecule has 8 heteroatoms. The molecule has 0 aliphatic heterocycles. The van der Waals surface area contributed by atoms with Crippen molar-refractivity contribution in [3.8, 4) is 22.5 Å². The second-order valence-electron chi connectivity index (χ2n) is 10.00. The molecule has 1 fully saturated rings. The molecule has 1 aliphatic rings. The Balaban J connectivity index is 1.32. The van der Waals surface area contributed by atoms with E-state index in [1.54, 1.807) is 0 Å². The zero-order valence-corrected chi connectivity index (χ0v) is 22.7. The molecule has 0 spiro atoms. The molecule has 0 atom stereocenters. The van der Waals surface area contributed by atoms with Gasteiger partial charge in [-0.1, -0.05) is 96.2 Å². The number of aliphatic carboxylic acids is 1. The highest BCUT2D eigenvalue weighted by atomic mass is 32.2. The molecule has 5 rings (SSSR count). The largest absolute Gasteiger partial charge is 0.481 e. The molecule has 1 saturated carbocycles. The Morgan fingerprint density at radius 1 is 0.974 bits per heavy atom. The highest BCUT2D eigenvalue weighted by Gasteiger charge is 2.51. The zero-order valence-electron chi connectivity index (χ0n) is 21.9. The SMILES string of the molecule is Cc1noc(-c2ccc(-c3ccc(C4(C(=O)O)CC4)cc3)cc2)c1C=CCN(Cc1ccccc1)S(C)(=O)=O. The monoisotopic (exact) mass is 542 g/mol. The van der Waals surface area contributed by atoms with Crippen LogP contribution in [0.2, 0.25) is 0 Å². The van der Waals surface area contributed by atoms with Gasteiger partial charge in [-0.2, -0.15) is 4.31 Å². The lowest BCUT2D eigenvalue weighted by Crippen LogP contribution is -2.29. The number of carbonyl (C=O) groups is 1. The Labute approximate surface area is 228 Å². The van der Waals surface area contributed by atoms with Crippen LogP contribution in [-0.4, -0.2) is 41.8 Å². The summed E-state index contributed by atoms with van der Waals surface area (Å²) in [6.07, 6.45) is 6.25. The van der Waals surface area contributed by atoms with Crippen LogP contribution in [0.4, 0.5) is 0 Å². The fourth-order valence-corrected chi connectivity index (χ4v) is 5.46. The van der Waals surface area contributed by atoms with Gasteiger partial charge in [-0.25, -0.2) is 8.42 Å². The summed E-state index contributed by atoms with van der Waals surface area (Å²) in [5.74, 6) is -0.149. The van der Waals surface area contributed by atoms with Gasteiger partial charge in [0.2, 0.25) is 10.0 Å². The second-order valence-corrected chi connectivity index (χ2v) is 12.0. The highest BCUT2D eigenvalue weighted by molar-refractivity contribution is 7.88. The molecule has 0 amide bonds. The Kier molecular flexibility index (Phi) is 7.25. The average molecular weight is 543 g/mol. The maximum Gasteiger partial charge on any atom is 0.314 e. The molecule has 0 saturated heterocycles. The number of carboxylic acids is 1. The van der Waals surface area contributed by atoms with Gasteiger partial charge >= 0.3 is 5.97 Å². The van der Waals surface area contributed by atoms with Crippen molar-refractivity contribution in [2.24, 2.45) is 0 Å². The summed E-state index contributed by atoms with van der Waals surface area (Å²) in [4.78, 5) is 11.6. The smallest absolute Gasteiger partial charge is 0.314 e. The predicted octanol–water partition coefficient (Wildman–Crippen LogP) is 5.91. The first-order chi connectivity index (χ1) is 18.7. The molecule has 7 nitrogen and oxygen atoms in total. The molecule has 0 bridgehead atoms. The Hall–Kier alpha value is -4.01. The van der Waals surface area contributed by atoms with Crippen molar-refractivity contribution in [1.29, 1.82) is 0 Å². The molecule has 39 heavy (non-hydrogen) atoms. The van der Waals surface area contributed by atoms with Crippen LogP contribution in [0.3, 0.4) is 0 Å². The number of hydrogen-bond acceptors (Lipinski definition) is 5. The van der Waals surface area contributed by atoms with E-state index in [0.29, 0.717) is 30.8 Å². The van der Waals surface area contributed by atoms with Crippen LogP contribution in [0, 0.1) is 6.92 Å². The summed E-state index contributed by atoms with van der Waals surface area (Å²) < 4.78 is 31.8. The van der Waals surface area contributed by atoms with E-state index in [0.717, 1.165) is 33.4 Å². The quantitative estimate of drug-likeness (QED) is 0.267. The van der Waals surface area contributed by atoms with Crippen LogP contribution in [0.15, 0.2) is 89.5 Å². The van der Waals surface area contributed by atoms with Crippen LogP contribution < -0.4 is 0 Å². The summed E-state index contributed by atoms with van der Waals surface area (Å²) >= 11 is 0. The maximum absolute atomic E-state index is 12.4. The lowest BCUT2D eigenvalue weighted by Gasteiger charge is -2.18. The van der Waals surface area contributed by atoms with E-state index in [9.17, 15) is 18.3 Å². The van der Waals surface area contributed by atoms with E-state index in [1.807, 2.05) is 97.9 Å². The highest BCUT2D eigenvalue weighted by Crippen LogP contribution is 2.48. The molecule has 200 valence electrons. The molecule has 0 unspecified atom stereocenters. The van der Waals surface area contributed by atoms with Crippen LogP contribution in [-0.2, 0) is 26.8 Å². The first-order valence-corrected chi connectivity index (χ1v) is 14.6. The molecule has 3 aromatic carbocycles. The van der Waals surface area contributed by atoms with Crippen molar-refractivity contribution in [3.05, 3.63) is 107 Å². The van der Waals surface area contributed by atoms with Crippen molar-refractivity contribution < 1.29 is 22.8 Å². The molecule has 1 heterocycles. The minimum atomic E-state index is -3.41. The molecule has 4 aromatic rings. The normalized spacial score (nSPS) is 14.6. The van der Waals surface area contributed by atoms with E-state index in [2.05, 4.69) is 5.16 Å². The summed E-state index contributed by atoms with van der Waals surface area (Å²) in [7, 11) is -3.41. The third-order valence-electron chi connectivity index (χ3n) is 7.25. The number of sulfonamides is 1. The third-order valence-corrected chi connectivity index (χ3v) is 8.47. The van der Waals surface area contributed by atoms with Crippen molar-refractivity contribution >= 4 is 22.1 Å². The zero-order chi connectivity index (χ0) is 27.6. The van der Waals surface area contributed by atoms with Gasteiger partial charge in [-0.15, -0.1) is 0 Å². The van der Waals surface area contributed by atoms with Crippen molar-refractivity contribution in [1.82, 2.24) is 9.46 Å². The van der Waals surface area contributed by atoms with E-state index in [1.165, 1.54) is 10.6 Å². The number of rotatable bonds is 10. The number of aromatic nitrogens is 1. The Bertz CT molecular complexity index is 1600. The topological polar surface area (TPSA) is 101 Å². The summed E-state index contributed by atoms with van der Waals surface area (Å²) in [5, 5.41) is 13.7. The predicted molar refractivity (Wildman–Crippen MR) is 151 cm³/mol. The summed E-state index contributed by atoms with van der Waals surface area (Å²) in [6.45, 7) is 2.36. The lowest BCUT2D eigenvalue weighted by atomic mass is 9.93. The van der Waals surface area contributed by atoms with E-state index in [-0.39, 0.29) is 6.54 Å². The second kappa shape index (κ2) is 10.6. The lowest BCUT2D eigenvalue weighted by molar-refractivity contribution is -0.140. The minimum Gasteiger partial charge on any atom is -0.481 e. The van der Waals surface area contributed by atoms with Crippen LogP contribution >= 0.6 is 0 Å². The van der Waals surface area contributed by atoms with Crippen molar-refractivity contribution in [2.75, 3.05) is 12.8 Å². The van der Waals surface area contributed by atoms with Gasteiger partial charge in [0.15, 0.2) is 5.76 Å². The molecular formula is C31H30N2O5S. The van der Waals surface area contributed by atoms with Gasteiger partial charge in [-0.05, 0) is 42.0 Å². The van der Waals surface area contributed by atoms with Crippen molar-refractivity contribution in [2.45, 2.75) is 31.7 Å². The molecular weight excluding hydrogens is 512 g/mol. The van der Waals surface area contributed by atoms with Gasteiger partial charge in [-0.3, -0.25) is 4.79 Å². The molecule has 1 N–H and O–H groups in total.